The Morgan fingerprint density at radius 1 is 0.279 bits per heavy atom. The predicted octanol–water partition coefficient (Wildman–Crippen LogP) is -10.9. The van der Waals surface area contributed by atoms with Crippen molar-refractivity contribution in [3.63, 3.8) is 0 Å². The number of halogens is 6. The van der Waals surface area contributed by atoms with Gasteiger partial charge < -0.3 is 74.4 Å². The Morgan fingerprint density at radius 3 is 0.689 bits per heavy atom. The van der Waals surface area contributed by atoms with Crippen LogP contribution in [0.3, 0.4) is 0 Å². The maximum Gasteiger partial charge on any atom is 4.00 e. The van der Waals surface area contributed by atoms with Crippen molar-refractivity contribution in [2.75, 3.05) is 0 Å². The molecule has 0 amide bonds. The summed E-state index contributed by atoms with van der Waals surface area (Å²) < 4.78 is 0. The Bertz CT molecular complexity index is 2180. The van der Waals surface area contributed by atoms with Crippen LogP contribution in [0, 0.1) is 34.6 Å². The second-order valence-corrected chi connectivity index (χ2v) is 21.7. The molecule has 0 unspecified atom stereocenters. The Kier molecular flexibility index (Phi) is 27.6. The molecule has 0 aromatic heterocycles. The van der Waals surface area contributed by atoms with E-state index in [1.165, 1.54) is 64.1 Å². The summed E-state index contributed by atoms with van der Waals surface area (Å²) in [6.45, 7) is 11.4. The predicted molar refractivity (Wildman–Crippen MR) is 235 cm³/mol. The van der Waals surface area contributed by atoms with Gasteiger partial charge in [0.25, 0.3) is 0 Å². The van der Waals surface area contributed by atoms with Crippen LogP contribution >= 0.6 is 0 Å². The van der Waals surface area contributed by atoms with E-state index in [0.717, 1.165) is 0 Å². The van der Waals surface area contributed by atoms with Crippen LogP contribution in [-0.2, 0) is 43.4 Å². The van der Waals surface area contributed by atoms with Gasteiger partial charge in [-0.25, -0.2) is 18.2 Å². The summed E-state index contributed by atoms with van der Waals surface area (Å²) in [7, 11) is -4.71. The monoisotopic (exact) mass is 1020 g/mol. The standard InChI is InChI=1S/C26H25Si.C25H23Si.6ClH.2Ti/c1-20-19-21(2)26(22(20)3)27(23-13-7-4-8-14-23,24-15-9-5-10-16-24)25-17-11-6-12-18-25;1-20-18-19-21(2)25(20)26(22-12-6-3-7-13-22,23-14-8-4-9-15-23)24-16-10-5-11-17-24;;;;;;;;/h4-19H,1-3H3;3-19H,1-2H3;6*1H;;/q2*-1;;;;;;;2*+4/p-6. The molecule has 8 aromatic carbocycles. The molecular formula is C51H48Cl6Si2Ti2. The van der Waals surface area contributed by atoms with Gasteiger partial charge in [0, 0.05) is 0 Å². The van der Waals surface area contributed by atoms with E-state index in [0.29, 0.717) is 0 Å². The Morgan fingerprint density at radius 2 is 0.492 bits per heavy atom. The van der Waals surface area contributed by atoms with Gasteiger partial charge in [-0.1, -0.05) is 248 Å². The summed E-state index contributed by atoms with van der Waals surface area (Å²) in [6.07, 6.45) is 0. The number of rotatable bonds is 8. The van der Waals surface area contributed by atoms with E-state index in [4.69, 9.17) is 0 Å². The van der Waals surface area contributed by atoms with Gasteiger partial charge >= 0.3 is 43.4 Å². The van der Waals surface area contributed by atoms with E-state index in [1.807, 2.05) is 0 Å². The van der Waals surface area contributed by atoms with Crippen LogP contribution in [0.1, 0.15) is 27.8 Å². The van der Waals surface area contributed by atoms with Gasteiger partial charge in [0.15, 0.2) is 0 Å². The molecule has 8 aromatic rings. The topological polar surface area (TPSA) is 0 Å². The fourth-order valence-corrected chi connectivity index (χ4v) is 19.5. The second kappa shape index (κ2) is 27.7. The summed E-state index contributed by atoms with van der Waals surface area (Å²) in [4.78, 5) is 0. The third-order valence-electron chi connectivity index (χ3n) is 11.2. The SMILES string of the molecule is Cc1cc(C)[c-]([Si](c2ccccc2)(c2ccccc2)c2ccccc2)c1C.Cc1ccc(C)[c-]1[Si](c1ccccc1)(c1ccccc1)c1ccccc1.[Cl-].[Cl-].[Cl-].[Cl-].[Cl-].[Cl-].[Ti+4].[Ti+4]. The van der Waals surface area contributed by atoms with Crippen LogP contribution in [0.4, 0.5) is 0 Å². The van der Waals surface area contributed by atoms with Gasteiger partial charge in [0.05, 0.1) is 0 Å². The number of aryl methyl sites for hydroxylation is 4. The van der Waals surface area contributed by atoms with Crippen LogP contribution in [0.15, 0.2) is 200 Å². The average Bonchev–Trinajstić information content (AvgIpc) is 3.69. The molecule has 0 saturated heterocycles. The van der Waals surface area contributed by atoms with E-state index < -0.39 is 16.1 Å². The molecule has 61 heavy (non-hydrogen) atoms. The quantitative estimate of drug-likeness (QED) is 0.0808. The molecule has 0 aliphatic carbocycles. The zero-order valence-corrected chi connectivity index (χ0v) is 44.5. The van der Waals surface area contributed by atoms with E-state index in [2.05, 4.69) is 235 Å². The minimum absolute atomic E-state index is 0. The van der Waals surface area contributed by atoms with Crippen LogP contribution in [-0.4, -0.2) is 16.1 Å². The van der Waals surface area contributed by atoms with Gasteiger partial charge in [0.2, 0.25) is 0 Å². The molecule has 0 nitrogen and oxygen atoms in total. The normalized spacial score (nSPS) is 9.98. The van der Waals surface area contributed by atoms with Gasteiger partial charge in [-0.2, -0.15) is 27.8 Å². The van der Waals surface area contributed by atoms with Gasteiger partial charge in [-0.3, -0.25) is 0 Å². The van der Waals surface area contributed by atoms with Crippen LogP contribution in [0.25, 0.3) is 0 Å². The van der Waals surface area contributed by atoms with Crippen molar-refractivity contribution in [2.24, 2.45) is 0 Å². The maximum atomic E-state index is 2.36. The molecule has 10 heteroatoms. The third kappa shape index (κ3) is 11.9. The van der Waals surface area contributed by atoms with Crippen molar-refractivity contribution in [3.05, 3.63) is 228 Å². The third-order valence-corrected chi connectivity index (χ3v) is 21.4. The molecule has 0 saturated carbocycles. The first-order valence-electron chi connectivity index (χ1n) is 18.7. The Balaban J connectivity index is 0. The molecular weight excluding hydrogens is 977 g/mol. The number of hydrogen-bond acceptors (Lipinski definition) is 0. The smallest absolute Gasteiger partial charge is 1.00 e. The van der Waals surface area contributed by atoms with Crippen LogP contribution < -0.4 is 116 Å². The maximum absolute atomic E-state index is 2.37. The van der Waals surface area contributed by atoms with Crippen molar-refractivity contribution in [1.29, 1.82) is 0 Å². The molecule has 0 fully saturated rings. The zero-order valence-electron chi connectivity index (χ0n) is 34.8. The molecule has 0 aliphatic rings. The largest absolute Gasteiger partial charge is 4.00 e. The van der Waals surface area contributed by atoms with Crippen LogP contribution in [0.5, 0.6) is 0 Å². The molecule has 0 atom stereocenters. The number of hydrogen-bond donors (Lipinski definition) is 0. The van der Waals surface area contributed by atoms with Crippen molar-refractivity contribution >= 4 is 57.6 Å². The van der Waals surface area contributed by atoms with Gasteiger partial charge in [-0.15, -0.1) is 10.4 Å². The molecule has 0 N–H and O–H groups in total. The van der Waals surface area contributed by atoms with Crippen molar-refractivity contribution < 1.29 is 118 Å². The second-order valence-electron chi connectivity index (χ2n) is 14.3. The Hall–Kier alpha value is -2.38. The summed E-state index contributed by atoms with van der Waals surface area (Å²) in [5.41, 5.74) is 7.03. The molecule has 0 aliphatic heterocycles. The number of benzene rings is 6. The first-order valence-corrected chi connectivity index (χ1v) is 22.7. The molecule has 8 rings (SSSR count). The van der Waals surface area contributed by atoms with Crippen LogP contribution in [0.2, 0.25) is 0 Å². The minimum Gasteiger partial charge on any atom is -1.00 e. The van der Waals surface area contributed by atoms with Gasteiger partial charge in [0.1, 0.15) is 16.1 Å². The zero-order chi connectivity index (χ0) is 36.8. The average molecular weight is 1030 g/mol. The molecule has 310 valence electrons. The van der Waals surface area contributed by atoms with E-state index >= 15 is 0 Å². The first kappa shape index (κ1) is 60.7. The van der Waals surface area contributed by atoms with Crippen molar-refractivity contribution in [3.8, 4) is 0 Å². The summed E-state index contributed by atoms with van der Waals surface area (Å²) in [5, 5.41) is 11.7. The fourth-order valence-electron chi connectivity index (χ4n) is 8.89. The minimum atomic E-state index is -2.37. The Labute approximate surface area is 433 Å². The summed E-state index contributed by atoms with van der Waals surface area (Å²) in [5.74, 6) is 0. The molecule has 0 bridgehead atoms. The summed E-state index contributed by atoms with van der Waals surface area (Å²) in [6, 6.07) is 73.7. The van der Waals surface area contributed by atoms with Crippen molar-refractivity contribution in [1.82, 2.24) is 0 Å². The summed E-state index contributed by atoms with van der Waals surface area (Å²) >= 11 is 0. The molecule has 0 radical (unpaired) electrons. The molecule has 0 spiro atoms. The van der Waals surface area contributed by atoms with Gasteiger partial charge in [-0.05, 0) is 0 Å². The first-order chi connectivity index (χ1) is 25.9. The van der Waals surface area contributed by atoms with E-state index in [-0.39, 0.29) is 118 Å². The van der Waals surface area contributed by atoms with E-state index in [1.54, 1.807) is 5.19 Å². The molecule has 0 heterocycles. The fraction of sp³-hybridized carbons (Fsp3) is 0.0980. The van der Waals surface area contributed by atoms with Crippen molar-refractivity contribution in [2.45, 2.75) is 34.6 Å². The van der Waals surface area contributed by atoms with E-state index in [9.17, 15) is 0 Å².